The van der Waals surface area contributed by atoms with E-state index >= 15 is 0 Å². The molecule has 0 fully saturated rings. The van der Waals surface area contributed by atoms with Crippen molar-refractivity contribution < 1.29 is 14.6 Å². The van der Waals surface area contributed by atoms with Crippen LogP contribution in [0.15, 0.2) is 61.4 Å². The highest BCUT2D eigenvalue weighted by molar-refractivity contribution is 5.84. The Labute approximate surface area is 163 Å². The highest BCUT2D eigenvalue weighted by Crippen LogP contribution is 2.40. The number of aromatic hydroxyl groups is 1. The van der Waals surface area contributed by atoms with Crippen LogP contribution in [0.3, 0.4) is 0 Å². The molecule has 1 aromatic heterocycles. The molecular weight excluding hydrogens is 354 g/mol. The lowest BCUT2D eigenvalue weighted by atomic mass is 9.99. The summed E-state index contributed by atoms with van der Waals surface area (Å²) in [7, 11) is 1.50. The van der Waals surface area contributed by atoms with Gasteiger partial charge in [-0.05, 0) is 25.5 Å². The Morgan fingerprint density at radius 3 is 2.64 bits per heavy atom. The van der Waals surface area contributed by atoms with Crippen molar-refractivity contribution in [3.05, 3.63) is 67.0 Å². The molecule has 0 spiro atoms. The first-order valence-corrected chi connectivity index (χ1v) is 8.90. The first-order chi connectivity index (χ1) is 13.5. The molecule has 0 radical (unpaired) electrons. The molecule has 0 saturated carbocycles. The van der Waals surface area contributed by atoms with Crippen LogP contribution in [-0.4, -0.2) is 27.7 Å². The van der Waals surface area contributed by atoms with E-state index in [2.05, 4.69) is 11.6 Å². The van der Waals surface area contributed by atoms with Crippen molar-refractivity contribution >= 4 is 5.91 Å². The van der Waals surface area contributed by atoms with Crippen LogP contribution in [0.4, 0.5) is 0 Å². The Morgan fingerprint density at radius 2 is 2.04 bits per heavy atom. The Morgan fingerprint density at radius 1 is 1.32 bits per heavy atom. The Balaban J connectivity index is 2.30. The van der Waals surface area contributed by atoms with E-state index in [1.807, 2.05) is 36.4 Å². The third kappa shape index (κ3) is 3.49. The number of hydrogen-bond donors (Lipinski definition) is 2. The average molecular weight is 377 g/mol. The summed E-state index contributed by atoms with van der Waals surface area (Å²) in [6, 6.07) is 12.7. The summed E-state index contributed by atoms with van der Waals surface area (Å²) in [5.74, 6) is -0.0513. The highest BCUT2D eigenvalue weighted by atomic mass is 16.5. The predicted molar refractivity (Wildman–Crippen MR) is 109 cm³/mol. The Kier molecular flexibility index (Phi) is 5.49. The summed E-state index contributed by atoms with van der Waals surface area (Å²) < 4.78 is 7.10. The summed E-state index contributed by atoms with van der Waals surface area (Å²) in [5, 5.41) is 10.4. The molecule has 28 heavy (non-hydrogen) atoms. The topological polar surface area (TPSA) is 90.4 Å². The molecule has 0 aliphatic heterocycles. The summed E-state index contributed by atoms with van der Waals surface area (Å²) in [6.07, 6.45) is 3.79. The van der Waals surface area contributed by atoms with E-state index in [-0.39, 0.29) is 5.75 Å². The Bertz CT molecular complexity index is 1010. The smallest absolute Gasteiger partial charge is 0.240 e. The number of allylic oxidation sites excluding steroid dienone is 1. The molecule has 2 aromatic carbocycles. The molecular formula is C22H23N3O3. The predicted octanol–water partition coefficient (Wildman–Crippen LogP) is 3.71. The molecule has 6 nitrogen and oxygen atoms in total. The van der Waals surface area contributed by atoms with Gasteiger partial charge >= 0.3 is 0 Å². The molecule has 3 rings (SSSR count). The van der Waals surface area contributed by atoms with Crippen molar-refractivity contribution in [3.8, 4) is 34.0 Å². The van der Waals surface area contributed by atoms with Crippen LogP contribution in [0.5, 0.6) is 11.5 Å². The standard InChI is InChI=1S/C22H23N3O3/c1-4-8-16-11-17(12-18(28-3)21(16)26)20-19(15-9-6-5-7-10-15)24-13-25(20)14(2)22(23)27/h4-7,9-14,26H,1,8H2,2-3H3,(H2,23,27)/t14-/m1/s1. The Hall–Kier alpha value is -3.54. The fourth-order valence-corrected chi connectivity index (χ4v) is 3.15. The van der Waals surface area contributed by atoms with Crippen LogP contribution < -0.4 is 10.5 Å². The minimum Gasteiger partial charge on any atom is -0.504 e. The fraction of sp³-hybridized carbons (Fsp3) is 0.182. The monoisotopic (exact) mass is 377 g/mol. The summed E-state index contributed by atoms with van der Waals surface area (Å²) in [5.41, 5.74) is 9.33. The molecule has 0 aliphatic carbocycles. The van der Waals surface area contributed by atoms with Crippen molar-refractivity contribution in [1.29, 1.82) is 0 Å². The minimum absolute atomic E-state index is 0.0708. The van der Waals surface area contributed by atoms with Gasteiger partial charge in [-0.3, -0.25) is 4.79 Å². The highest BCUT2D eigenvalue weighted by Gasteiger charge is 2.23. The molecule has 1 amide bonds. The van der Waals surface area contributed by atoms with Crippen LogP contribution in [0.2, 0.25) is 0 Å². The lowest BCUT2D eigenvalue weighted by Crippen LogP contribution is -2.24. The zero-order valence-corrected chi connectivity index (χ0v) is 15.9. The maximum Gasteiger partial charge on any atom is 0.240 e. The van der Waals surface area contributed by atoms with E-state index in [0.29, 0.717) is 23.4 Å². The number of primary amides is 1. The molecule has 0 unspecified atom stereocenters. The van der Waals surface area contributed by atoms with Crippen molar-refractivity contribution in [1.82, 2.24) is 9.55 Å². The second-order valence-corrected chi connectivity index (χ2v) is 6.47. The molecule has 0 saturated heterocycles. The first-order valence-electron chi connectivity index (χ1n) is 8.90. The zero-order chi connectivity index (χ0) is 20.3. The molecule has 3 aromatic rings. The molecule has 0 aliphatic rings. The van der Waals surface area contributed by atoms with E-state index in [9.17, 15) is 9.90 Å². The molecule has 144 valence electrons. The van der Waals surface area contributed by atoms with Crippen molar-refractivity contribution in [2.24, 2.45) is 5.73 Å². The van der Waals surface area contributed by atoms with Crippen LogP contribution in [0.25, 0.3) is 22.5 Å². The van der Waals surface area contributed by atoms with Gasteiger partial charge in [0.05, 0.1) is 24.8 Å². The number of ether oxygens (including phenoxy) is 1. The molecule has 6 heteroatoms. The van der Waals surface area contributed by atoms with E-state index in [1.165, 1.54) is 7.11 Å². The second kappa shape index (κ2) is 8.00. The molecule has 1 heterocycles. The van der Waals surface area contributed by atoms with E-state index < -0.39 is 11.9 Å². The van der Waals surface area contributed by atoms with Gasteiger partial charge in [-0.1, -0.05) is 36.4 Å². The zero-order valence-electron chi connectivity index (χ0n) is 15.9. The number of rotatable bonds is 7. The van der Waals surface area contributed by atoms with Gasteiger partial charge in [0.1, 0.15) is 6.04 Å². The van der Waals surface area contributed by atoms with Crippen molar-refractivity contribution in [2.75, 3.05) is 7.11 Å². The maximum absolute atomic E-state index is 11.9. The van der Waals surface area contributed by atoms with Gasteiger partial charge in [0.15, 0.2) is 11.5 Å². The average Bonchev–Trinajstić information content (AvgIpc) is 3.14. The number of hydrogen-bond acceptors (Lipinski definition) is 4. The number of imidazole rings is 1. The van der Waals surface area contributed by atoms with Crippen LogP contribution in [0, 0.1) is 0 Å². The number of nitrogens with zero attached hydrogens (tertiary/aromatic N) is 2. The number of phenols is 1. The lowest BCUT2D eigenvalue weighted by Gasteiger charge is -2.17. The van der Waals surface area contributed by atoms with Crippen LogP contribution >= 0.6 is 0 Å². The first kappa shape index (κ1) is 19.2. The number of aromatic nitrogens is 2. The number of phenolic OH excluding ortho intramolecular Hbond substituents is 1. The number of benzene rings is 2. The van der Waals surface area contributed by atoms with Crippen LogP contribution in [-0.2, 0) is 11.2 Å². The van der Waals surface area contributed by atoms with E-state index in [4.69, 9.17) is 10.5 Å². The summed E-state index contributed by atoms with van der Waals surface area (Å²) in [4.78, 5) is 16.4. The number of methoxy groups -OCH3 is 1. The van der Waals surface area contributed by atoms with Gasteiger partial charge < -0.3 is 20.1 Å². The number of nitrogens with two attached hydrogens (primary N) is 1. The van der Waals surface area contributed by atoms with E-state index in [1.54, 1.807) is 30.0 Å². The fourth-order valence-electron chi connectivity index (χ4n) is 3.15. The number of carbonyl (C=O) groups excluding carboxylic acids is 1. The van der Waals surface area contributed by atoms with Crippen molar-refractivity contribution in [2.45, 2.75) is 19.4 Å². The van der Waals surface area contributed by atoms with E-state index in [0.717, 1.165) is 16.8 Å². The van der Waals surface area contributed by atoms with Gasteiger partial charge in [-0.15, -0.1) is 6.58 Å². The third-order valence-electron chi connectivity index (χ3n) is 4.68. The van der Waals surface area contributed by atoms with Gasteiger partial charge in [0.25, 0.3) is 0 Å². The lowest BCUT2D eigenvalue weighted by molar-refractivity contribution is -0.120. The number of amides is 1. The van der Waals surface area contributed by atoms with Gasteiger partial charge in [-0.25, -0.2) is 4.98 Å². The quantitative estimate of drug-likeness (QED) is 0.614. The summed E-state index contributed by atoms with van der Waals surface area (Å²) >= 11 is 0. The maximum atomic E-state index is 11.9. The van der Waals surface area contributed by atoms with Crippen molar-refractivity contribution in [3.63, 3.8) is 0 Å². The molecule has 1 atom stereocenters. The second-order valence-electron chi connectivity index (χ2n) is 6.47. The largest absolute Gasteiger partial charge is 0.504 e. The van der Waals surface area contributed by atoms with Gasteiger partial charge in [0, 0.05) is 16.7 Å². The van der Waals surface area contributed by atoms with Crippen LogP contribution in [0.1, 0.15) is 18.5 Å². The summed E-state index contributed by atoms with van der Waals surface area (Å²) in [6.45, 7) is 5.48. The van der Waals surface area contributed by atoms with Gasteiger partial charge in [-0.2, -0.15) is 0 Å². The SMILES string of the molecule is C=CCc1cc(-c2c(-c3ccccc3)ncn2[C@H](C)C(N)=O)cc(OC)c1O. The molecule has 0 bridgehead atoms. The minimum atomic E-state index is -0.595. The third-order valence-corrected chi connectivity index (χ3v) is 4.68. The normalized spacial score (nSPS) is 11.8. The molecule has 3 N–H and O–H groups in total. The van der Waals surface area contributed by atoms with Gasteiger partial charge in [0.2, 0.25) is 5.91 Å². The number of carbonyl (C=O) groups is 1.